The van der Waals surface area contributed by atoms with E-state index in [2.05, 4.69) is 48.6 Å². The van der Waals surface area contributed by atoms with E-state index < -0.39 is 0 Å². The molecule has 0 bridgehead atoms. The van der Waals surface area contributed by atoms with Gasteiger partial charge in [-0.25, -0.2) is 4.68 Å². The molecule has 0 aromatic carbocycles. The third kappa shape index (κ3) is 4.92. The Hall–Kier alpha value is -1.43. The summed E-state index contributed by atoms with van der Waals surface area (Å²) in [4.78, 5) is 12.1. The molecule has 0 aliphatic carbocycles. The van der Waals surface area contributed by atoms with E-state index in [0.29, 0.717) is 12.6 Å². The van der Waals surface area contributed by atoms with Crippen LogP contribution in [0.25, 0.3) is 0 Å². The van der Waals surface area contributed by atoms with Crippen molar-refractivity contribution in [2.75, 3.05) is 0 Å². The van der Waals surface area contributed by atoms with Gasteiger partial charge < -0.3 is 10.6 Å². The van der Waals surface area contributed by atoms with Crippen molar-refractivity contribution in [3.05, 3.63) is 11.9 Å². The van der Waals surface area contributed by atoms with E-state index in [4.69, 9.17) is 0 Å². The zero-order valence-corrected chi connectivity index (χ0v) is 13.2. The maximum Gasteiger partial charge on any atom is 0.244 e. The van der Waals surface area contributed by atoms with Crippen molar-refractivity contribution in [1.82, 2.24) is 25.6 Å². The second-order valence-electron chi connectivity index (χ2n) is 5.42. The first kappa shape index (κ1) is 16.6. The maximum absolute atomic E-state index is 12.1. The van der Waals surface area contributed by atoms with E-state index in [9.17, 15) is 4.79 Å². The summed E-state index contributed by atoms with van der Waals surface area (Å²) in [7, 11) is 0. The molecule has 1 amide bonds. The molecule has 0 spiro atoms. The lowest BCUT2D eigenvalue weighted by Gasteiger charge is -2.18. The molecule has 1 heterocycles. The Kier molecular flexibility index (Phi) is 6.64. The van der Waals surface area contributed by atoms with Gasteiger partial charge in [0.1, 0.15) is 6.04 Å². The van der Waals surface area contributed by atoms with Crippen molar-refractivity contribution in [2.24, 2.45) is 0 Å². The molecule has 20 heavy (non-hydrogen) atoms. The van der Waals surface area contributed by atoms with Gasteiger partial charge in [0.05, 0.1) is 11.9 Å². The first-order chi connectivity index (χ1) is 9.47. The molecule has 6 heteroatoms. The first-order valence-corrected chi connectivity index (χ1v) is 7.42. The van der Waals surface area contributed by atoms with E-state index in [-0.39, 0.29) is 18.0 Å². The van der Waals surface area contributed by atoms with Crippen LogP contribution in [0.5, 0.6) is 0 Å². The molecule has 0 aliphatic rings. The molecule has 2 N–H and O–H groups in total. The number of hydrogen-bond donors (Lipinski definition) is 2. The van der Waals surface area contributed by atoms with Gasteiger partial charge in [-0.1, -0.05) is 32.9 Å². The van der Waals surface area contributed by atoms with Crippen molar-refractivity contribution in [3.8, 4) is 0 Å². The SMILES string of the molecule is CCC(CC)NC(=O)C(C)n1cc(CNC(C)C)nn1. The fourth-order valence-corrected chi connectivity index (χ4v) is 1.83. The number of aromatic nitrogens is 3. The highest BCUT2D eigenvalue weighted by Crippen LogP contribution is 2.07. The highest BCUT2D eigenvalue weighted by molar-refractivity contribution is 5.80. The zero-order chi connectivity index (χ0) is 15.1. The van der Waals surface area contributed by atoms with Gasteiger partial charge in [0.25, 0.3) is 0 Å². The van der Waals surface area contributed by atoms with Crippen LogP contribution in [-0.4, -0.2) is 33.0 Å². The largest absolute Gasteiger partial charge is 0.352 e. The van der Waals surface area contributed by atoms with Crippen LogP contribution in [0.4, 0.5) is 0 Å². The molecule has 1 unspecified atom stereocenters. The number of nitrogens with one attached hydrogen (secondary N) is 2. The number of hydrogen-bond acceptors (Lipinski definition) is 4. The lowest BCUT2D eigenvalue weighted by molar-refractivity contribution is -0.124. The van der Waals surface area contributed by atoms with Crippen molar-refractivity contribution >= 4 is 5.91 Å². The molecule has 1 aromatic heterocycles. The van der Waals surface area contributed by atoms with E-state index in [0.717, 1.165) is 18.5 Å². The highest BCUT2D eigenvalue weighted by Gasteiger charge is 2.18. The summed E-state index contributed by atoms with van der Waals surface area (Å²) in [6.07, 6.45) is 3.71. The molecule has 1 aromatic rings. The van der Waals surface area contributed by atoms with Crippen LogP contribution in [0.1, 0.15) is 59.2 Å². The van der Waals surface area contributed by atoms with Crippen molar-refractivity contribution in [2.45, 2.75) is 72.1 Å². The number of carbonyl (C=O) groups is 1. The van der Waals surface area contributed by atoms with Crippen LogP contribution < -0.4 is 10.6 Å². The summed E-state index contributed by atoms with van der Waals surface area (Å²) < 4.78 is 1.62. The number of amides is 1. The summed E-state index contributed by atoms with van der Waals surface area (Å²) in [5.41, 5.74) is 0.848. The molecular formula is C14H27N5O. The van der Waals surface area contributed by atoms with Crippen LogP contribution in [0.3, 0.4) is 0 Å². The average Bonchev–Trinajstić information content (AvgIpc) is 2.90. The number of nitrogens with zero attached hydrogens (tertiary/aromatic N) is 3. The first-order valence-electron chi connectivity index (χ1n) is 7.42. The maximum atomic E-state index is 12.1. The molecule has 0 radical (unpaired) electrons. The molecule has 0 saturated heterocycles. The minimum atomic E-state index is -0.337. The molecule has 0 fully saturated rings. The van der Waals surface area contributed by atoms with Crippen molar-refractivity contribution in [3.63, 3.8) is 0 Å². The molecule has 1 atom stereocenters. The molecule has 1 rings (SSSR count). The quantitative estimate of drug-likeness (QED) is 0.760. The third-order valence-electron chi connectivity index (χ3n) is 3.36. The molecule has 6 nitrogen and oxygen atoms in total. The van der Waals surface area contributed by atoms with Crippen molar-refractivity contribution < 1.29 is 4.79 Å². The topological polar surface area (TPSA) is 71.8 Å². The predicted molar refractivity (Wildman–Crippen MR) is 79.2 cm³/mol. The Morgan fingerprint density at radius 3 is 2.50 bits per heavy atom. The fraction of sp³-hybridized carbons (Fsp3) is 0.786. The fourth-order valence-electron chi connectivity index (χ4n) is 1.83. The summed E-state index contributed by atoms with van der Waals surface area (Å²) >= 11 is 0. The minimum absolute atomic E-state index is 0.00744. The predicted octanol–water partition coefficient (Wildman–Crippen LogP) is 1.64. The molecule has 114 valence electrons. The van der Waals surface area contributed by atoms with Crippen LogP contribution in [0, 0.1) is 0 Å². The van der Waals surface area contributed by atoms with Crippen LogP contribution in [0.2, 0.25) is 0 Å². The van der Waals surface area contributed by atoms with E-state index in [1.54, 1.807) is 4.68 Å². The Morgan fingerprint density at radius 1 is 1.30 bits per heavy atom. The Labute approximate surface area is 121 Å². The number of rotatable bonds is 8. The lowest BCUT2D eigenvalue weighted by atomic mass is 10.1. The minimum Gasteiger partial charge on any atom is -0.352 e. The van der Waals surface area contributed by atoms with Gasteiger partial charge in [-0.3, -0.25) is 4.79 Å². The van der Waals surface area contributed by atoms with Gasteiger partial charge in [-0.2, -0.15) is 0 Å². The van der Waals surface area contributed by atoms with Gasteiger partial charge in [0.15, 0.2) is 0 Å². The summed E-state index contributed by atoms with van der Waals surface area (Å²) in [6, 6.07) is 0.294. The van der Waals surface area contributed by atoms with Gasteiger partial charge in [-0.15, -0.1) is 5.10 Å². The second kappa shape index (κ2) is 7.99. The molecule has 0 aliphatic heterocycles. The normalized spacial score (nSPS) is 12.9. The smallest absolute Gasteiger partial charge is 0.244 e. The Morgan fingerprint density at radius 2 is 1.95 bits per heavy atom. The van der Waals surface area contributed by atoms with Crippen LogP contribution in [-0.2, 0) is 11.3 Å². The van der Waals surface area contributed by atoms with Gasteiger partial charge in [0.2, 0.25) is 5.91 Å². The average molecular weight is 281 g/mol. The monoisotopic (exact) mass is 281 g/mol. The summed E-state index contributed by atoms with van der Waals surface area (Å²) in [5, 5.41) is 14.4. The van der Waals surface area contributed by atoms with E-state index >= 15 is 0 Å². The van der Waals surface area contributed by atoms with Crippen LogP contribution in [0.15, 0.2) is 6.20 Å². The van der Waals surface area contributed by atoms with Crippen molar-refractivity contribution in [1.29, 1.82) is 0 Å². The second-order valence-corrected chi connectivity index (χ2v) is 5.42. The summed E-state index contributed by atoms with van der Waals surface area (Å²) in [5.74, 6) is -0.00744. The summed E-state index contributed by atoms with van der Waals surface area (Å²) in [6.45, 7) is 10.8. The van der Waals surface area contributed by atoms with E-state index in [1.807, 2.05) is 13.1 Å². The molecular weight excluding hydrogens is 254 g/mol. The van der Waals surface area contributed by atoms with Crippen LogP contribution >= 0.6 is 0 Å². The molecule has 0 saturated carbocycles. The third-order valence-corrected chi connectivity index (χ3v) is 3.36. The van der Waals surface area contributed by atoms with Gasteiger partial charge >= 0.3 is 0 Å². The van der Waals surface area contributed by atoms with Gasteiger partial charge in [-0.05, 0) is 19.8 Å². The zero-order valence-electron chi connectivity index (χ0n) is 13.2. The van der Waals surface area contributed by atoms with Gasteiger partial charge in [0, 0.05) is 18.6 Å². The Bertz CT molecular complexity index is 411. The van der Waals surface area contributed by atoms with E-state index in [1.165, 1.54) is 0 Å². The highest BCUT2D eigenvalue weighted by atomic mass is 16.2. The Balaban J connectivity index is 2.58. The lowest BCUT2D eigenvalue weighted by Crippen LogP contribution is -2.38. The number of carbonyl (C=O) groups excluding carboxylic acids is 1. The standard InChI is InChI=1S/C14H27N5O/c1-6-12(7-2)16-14(20)11(5)19-9-13(17-18-19)8-15-10(3)4/h9-12,15H,6-8H2,1-5H3,(H,16,20).